The van der Waals surface area contributed by atoms with E-state index < -0.39 is 0 Å². The summed E-state index contributed by atoms with van der Waals surface area (Å²) < 4.78 is 0. The fourth-order valence-electron chi connectivity index (χ4n) is 9.42. The summed E-state index contributed by atoms with van der Waals surface area (Å²) in [4.78, 5) is 0. The van der Waals surface area contributed by atoms with E-state index in [1.807, 2.05) is 0 Å². The molecule has 0 aromatic rings. The molecule has 2 unspecified atom stereocenters. The molecule has 162 valence electrons. The van der Waals surface area contributed by atoms with E-state index in [9.17, 15) is 0 Å². The standard InChI is InChI=1S/C27H49N/c1-18(2)8-6-9-19(3)22-14-15-23-21-13-12-20-10-7-11-25(28)27(20,5)24(21)16-17-26(22,23)4/h18-25H,6-17,28H2,1-5H3/t19-,20?,21+,22-,23+,24+,25?,26-,27+/m1/s1. The van der Waals surface area contributed by atoms with Gasteiger partial charge in [0.2, 0.25) is 0 Å². The molecule has 1 nitrogen and oxygen atoms in total. The van der Waals surface area contributed by atoms with Gasteiger partial charge in [0.05, 0.1) is 0 Å². The van der Waals surface area contributed by atoms with Crippen molar-refractivity contribution in [1.82, 2.24) is 0 Å². The Balaban J connectivity index is 1.49. The molecule has 4 aliphatic carbocycles. The number of hydrogen-bond acceptors (Lipinski definition) is 1. The zero-order valence-electron chi connectivity index (χ0n) is 19.7. The summed E-state index contributed by atoms with van der Waals surface area (Å²) in [6.07, 6.45) is 17.5. The average Bonchev–Trinajstić information content (AvgIpc) is 3.00. The highest BCUT2D eigenvalue weighted by Gasteiger charge is 2.61. The molecule has 0 saturated heterocycles. The lowest BCUT2D eigenvalue weighted by atomic mass is 9.43. The number of hydrogen-bond donors (Lipinski definition) is 1. The van der Waals surface area contributed by atoms with E-state index >= 15 is 0 Å². The van der Waals surface area contributed by atoms with Crippen LogP contribution >= 0.6 is 0 Å². The molecule has 9 atom stereocenters. The van der Waals surface area contributed by atoms with Crippen molar-refractivity contribution < 1.29 is 0 Å². The molecule has 2 N–H and O–H groups in total. The van der Waals surface area contributed by atoms with Crippen LogP contribution in [0.4, 0.5) is 0 Å². The first-order chi connectivity index (χ1) is 13.3. The number of fused-ring (bicyclic) bond motifs is 5. The third-order valence-corrected chi connectivity index (χ3v) is 11.0. The molecule has 28 heavy (non-hydrogen) atoms. The Kier molecular flexibility index (Phi) is 5.98. The fraction of sp³-hybridized carbons (Fsp3) is 1.00. The van der Waals surface area contributed by atoms with Crippen molar-refractivity contribution in [2.75, 3.05) is 0 Å². The van der Waals surface area contributed by atoms with Gasteiger partial charge >= 0.3 is 0 Å². The van der Waals surface area contributed by atoms with Gasteiger partial charge in [0.1, 0.15) is 0 Å². The molecule has 0 aromatic heterocycles. The third-order valence-electron chi connectivity index (χ3n) is 11.0. The minimum absolute atomic E-state index is 0.448. The zero-order chi connectivity index (χ0) is 20.1. The average molecular weight is 388 g/mol. The predicted octanol–water partition coefficient (Wildman–Crippen LogP) is 7.44. The minimum atomic E-state index is 0.448. The highest BCUT2D eigenvalue weighted by atomic mass is 14.8. The molecule has 4 aliphatic rings. The molecular formula is C27H49N. The van der Waals surface area contributed by atoms with E-state index in [2.05, 4.69) is 34.6 Å². The lowest BCUT2D eigenvalue weighted by Gasteiger charge is -2.62. The molecule has 0 spiro atoms. The van der Waals surface area contributed by atoms with Gasteiger partial charge in [-0.15, -0.1) is 0 Å². The van der Waals surface area contributed by atoms with Gasteiger partial charge in [-0.3, -0.25) is 0 Å². The predicted molar refractivity (Wildman–Crippen MR) is 121 cm³/mol. The van der Waals surface area contributed by atoms with Gasteiger partial charge in [0.15, 0.2) is 0 Å². The van der Waals surface area contributed by atoms with E-state index in [0.717, 1.165) is 41.4 Å². The second-order valence-corrected chi connectivity index (χ2v) is 12.6. The number of nitrogens with two attached hydrogens (primary N) is 1. The van der Waals surface area contributed by atoms with Crippen molar-refractivity contribution in [1.29, 1.82) is 0 Å². The molecule has 1 heteroatoms. The molecule has 0 aliphatic heterocycles. The van der Waals surface area contributed by atoms with E-state index in [1.54, 1.807) is 0 Å². The van der Waals surface area contributed by atoms with Crippen molar-refractivity contribution in [3.63, 3.8) is 0 Å². The maximum atomic E-state index is 6.86. The Bertz CT molecular complexity index is 540. The second kappa shape index (κ2) is 7.90. The monoisotopic (exact) mass is 387 g/mol. The van der Waals surface area contributed by atoms with E-state index in [-0.39, 0.29) is 0 Å². The van der Waals surface area contributed by atoms with Gasteiger partial charge in [0.25, 0.3) is 0 Å². The van der Waals surface area contributed by atoms with Gasteiger partial charge in [-0.05, 0) is 104 Å². The van der Waals surface area contributed by atoms with Crippen LogP contribution in [0.2, 0.25) is 0 Å². The van der Waals surface area contributed by atoms with Crippen LogP contribution in [0.3, 0.4) is 0 Å². The van der Waals surface area contributed by atoms with Crippen LogP contribution in [0.15, 0.2) is 0 Å². The van der Waals surface area contributed by atoms with Crippen LogP contribution in [-0.2, 0) is 0 Å². The smallest absolute Gasteiger partial charge is 0.00983 e. The van der Waals surface area contributed by atoms with Crippen LogP contribution in [0.25, 0.3) is 0 Å². The molecular weight excluding hydrogens is 338 g/mol. The minimum Gasteiger partial charge on any atom is -0.327 e. The Morgan fingerprint density at radius 1 is 0.857 bits per heavy atom. The largest absolute Gasteiger partial charge is 0.327 e. The lowest BCUT2D eigenvalue weighted by molar-refractivity contribution is -0.122. The van der Waals surface area contributed by atoms with Crippen molar-refractivity contribution in [3.8, 4) is 0 Å². The number of rotatable bonds is 5. The van der Waals surface area contributed by atoms with Gasteiger partial charge in [-0.2, -0.15) is 0 Å². The van der Waals surface area contributed by atoms with Crippen molar-refractivity contribution in [2.45, 2.75) is 118 Å². The summed E-state index contributed by atoms with van der Waals surface area (Å²) in [7, 11) is 0. The maximum Gasteiger partial charge on any atom is 0.00983 e. The summed E-state index contributed by atoms with van der Waals surface area (Å²) >= 11 is 0. The quantitative estimate of drug-likeness (QED) is 0.521. The molecule has 0 heterocycles. The van der Waals surface area contributed by atoms with Crippen LogP contribution in [0.1, 0.15) is 112 Å². The summed E-state index contributed by atoms with van der Waals surface area (Å²) in [5.41, 5.74) is 7.93. The third kappa shape index (κ3) is 3.30. The Labute approximate surface area is 176 Å². The van der Waals surface area contributed by atoms with Gasteiger partial charge in [-0.1, -0.05) is 60.3 Å². The highest BCUT2D eigenvalue weighted by Crippen LogP contribution is 2.68. The van der Waals surface area contributed by atoms with Crippen LogP contribution in [0, 0.1) is 52.3 Å². The van der Waals surface area contributed by atoms with Crippen molar-refractivity contribution in [3.05, 3.63) is 0 Å². The molecule has 0 radical (unpaired) electrons. The molecule has 4 rings (SSSR count). The van der Waals surface area contributed by atoms with E-state index in [1.165, 1.54) is 77.0 Å². The molecule has 0 bridgehead atoms. The first kappa shape index (κ1) is 21.2. The highest BCUT2D eigenvalue weighted by molar-refractivity contribution is 5.11. The molecule has 0 amide bonds. The Morgan fingerprint density at radius 3 is 2.39 bits per heavy atom. The normalized spacial score (nSPS) is 49.4. The van der Waals surface area contributed by atoms with Gasteiger partial charge in [-0.25, -0.2) is 0 Å². The second-order valence-electron chi connectivity index (χ2n) is 12.6. The first-order valence-corrected chi connectivity index (χ1v) is 13.0. The summed E-state index contributed by atoms with van der Waals surface area (Å²) in [5, 5.41) is 0. The van der Waals surface area contributed by atoms with Crippen molar-refractivity contribution >= 4 is 0 Å². The zero-order valence-corrected chi connectivity index (χ0v) is 19.7. The summed E-state index contributed by atoms with van der Waals surface area (Å²) in [6.45, 7) is 12.7. The molecule has 4 saturated carbocycles. The van der Waals surface area contributed by atoms with Gasteiger partial charge in [0, 0.05) is 6.04 Å². The topological polar surface area (TPSA) is 26.0 Å². The SMILES string of the molecule is CC(C)CCC[C@@H](C)[C@H]1CC[C@H]2[C@@H]3CCC4CCCC(N)[C@]4(C)[C@H]3CC[C@]12C. The molecule has 0 aromatic carbocycles. The molecule has 4 fully saturated rings. The Hall–Kier alpha value is -0.0400. The van der Waals surface area contributed by atoms with Crippen molar-refractivity contribution in [2.24, 2.45) is 58.0 Å². The fourth-order valence-corrected chi connectivity index (χ4v) is 9.42. The maximum absolute atomic E-state index is 6.86. The summed E-state index contributed by atoms with van der Waals surface area (Å²) in [6, 6.07) is 0.468. The first-order valence-electron chi connectivity index (χ1n) is 13.0. The van der Waals surface area contributed by atoms with Crippen LogP contribution < -0.4 is 5.73 Å². The Morgan fingerprint density at radius 2 is 1.64 bits per heavy atom. The lowest BCUT2D eigenvalue weighted by Crippen LogP contribution is -2.59. The van der Waals surface area contributed by atoms with Crippen LogP contribution in [0.5, 0.6) is 0 Å². The van der Waals surface area contributed by atoms with E-state index in [4.69, 9.17) is 5.73 Å². The summed E-state index contributed by atoms with van der Waals surface area (Å²) in [5.74, 6) is 6.60. The van der Waals surface area contributed by atoms with E-state index in [0.29, 0.717) is 16.9 Å². The van der Waals surface area contributed by atoms with Crippen LogP contribution in [-0.4, -0.2) is 6.04 Å². The van der Waals surface area contributed by atoms with Gasteiger partial charge < -0.3 is 5.73 Å².